The number of aryl methyl sites for hydroxylation is 1. The Bertz CT molecular complexity index is 625. The van der Waals surface area contributed by atoms with E-state index in [-0.39, 0.29) is 12.6 Å². The number of nitrogens with one attached hydrogen (secondary N) is 2. The van der Waals surface area contributed by atoms with Gasteiger partial charge in [0.05, 0.1) is 18.8 Å². The predicted molar refractivity (Wildman–Crippen MR) is 140 cm³/mol. The lowest BCUT2D eigenvalue weighted by atomic mass is 10.0. The summed E-state index contributed by atoms with van der Waals surface area (Å²) >= 11 is 0. The molecule has 0 aliphatic heterocycles. The van der Waals surface area contributed by atoms with Gasteiger partial charge in [-0.3, -0.25) is 0 Å². The number of hydrogen-bond donors (Lipinski definition) is 4. The second-order valence-corrected chi connectivity index (χ2v) is 9.25. The Kier molecular flexibility index (Phi) is 19.1. The van der Waals surface area contributed by atoms with Crippen LogP contribution in [0.1, 0.15) is 96.8 Å². The number of aliphatic hydroxyl groups is 2. The maximum absolute atomic E-state index is 11.8. The highest BCUT2D eigenvalue weighted by Crippen LogP contribution is 2.12. The number of urea groups is 1. The van der Waals surface area contributed by atoms with Crippen LogP contribution in [-0.2, 0) is 6.54 Å². The summed E-state index contributed by atoms with van der Waals surface area (Å²) < 4.78 is 2.26. The average molecular weight is 477 g/mol. The topological polar surface area (TPSA) is 85.5 Å². The minimum absolute atomic E-state index is 0.292. The van der Waals surface area contributed by atoms with Crippen molar-refractivity contribution in [1.29, 1.82) is 0 Å². The molecule has 0 radical (unpaired) electrons. The van der Waals surface area contributed by atoms with E-state index in [9.17, 15) is 15.0 Å². The van der Waals surface area contributed by atoms with E-state index < -0.39 is 12.1 Å². The zero-order valence-corrected chi connectivity index (χ0v) is 21.5. The van der Waals surface area contributed by atoms with Gasteiger partial charge < -0.3 is 20.8 Å². The molecular formula is C28H50N3O3+. The minimum atomic E-state index is -0.876. The fraction of sp³-hybridized carbons (Fsp3) is 0.714. The first-order chi connectivity index (χ1) is 16.7. The monoisotopic (exact) mass is 476 g/mol. The van der Waals surface area contributed by atoms with E-state index in [2.05, 4.69) is 52.7 Å². The van der Waals surface area contributed by atoms with Crippen molar-refractivity contribution in [2.75, 3.05) is 13.2 Å². The minimum Gasteiger partial charge on any atom is -0.394 e. The molecule has 0 saturated heterocycles. The van der Waals surface area contributed by atoms with E-state index in [0.29, 0.717) is 6.54 Å². The molecule has 6 heteroatoms. The van der Waals surface area contributed by atoms with Crippen LogP contribution in [0.4, 0.5) is 4.79 Å². The van der Waals surface area contributed by atoms with Gasteiger partial charge in [0.15, 0.2) is 12.4 Å². The lowest BCUT2D eigenvalue weighted by Gasteiger charge is -2.20. The van der Waals surface area contributed by atoms with Gasteiger partial charge >= 0.3 is 6.03 Å². The number of carbonyl (C=O) groups is 1. The number of aliphatic hydroxyl groups excluding tert-OH is 2. The lowest BCUT2D eigenvalue weighted by Crippen LogP contribution is -2.49. The molecule has 2 amide bonds. The number of rotatable bonds is 21. The van der Waals surface area contributed by atoms with E-state index in [1.807, 2.05) is 6.08 Å². The van der Waals surface area contributed by atoms with E-state index in [4.69, 9.17) is 0 Å². The highest BCUT2D eigenvalue weighted by atomic mass is 16.3. The van der Waals surface area contributed by atoms with E-state index in [1.165, 1.54) is 64.2 Å². The van der Waals surface area contributed by atoms with Crippen LogP contribution < -0.4 is 15.2 Å². The molecule has 4 N–H and O–H groups in total. The Morgan fingerprint density at radius 3 is 2.06 bits per heavy atom. The van der Waals surface area contributed by atoms with Gasteiger partial charge in [0, 0.05) is 25.1 Å². The van der Waals surface area contributed by atoms with Crippen LogP contribution in [-0.4, -0.2) is 41.5 Å². The second-order valence-electron chi connectivity index (χ2n) is 9.25. The summed E-state index contributed by atoms with van der Waals surface area (Å²) in [5.41, 5.74) is 0. The number of aromatic nitrogens is 1. The number of allylic oxidation sites excluding steroid dienone is 1. The van der Waals surface area contributed by atoms with Crippen molar-refractivity contribution >= 4 is 6.03 Å². The van der Waals surface area contributed by atoms with Gasteiger partial charge in [-0.15, -0.1) is 0 Å². The Hall–Kier alpha value is -1.92. The van der Waals surface area contributed by atoms with Crippen molar-refractivity contribution in [2.45, 2.75) is 116 Å². The van der Waals surface area contributed by atoms with Gasteiger partial charge in [-0.05, 0) is 25.7 Å². The fourth-order valence-corrected chi connectivity index (χ4v) is 3.94. The molecule has 2 atom stereocenters. The zero-order valence-electron chi connectivity index (χ0n) is 21.5. The van der Waals surface area contributed by atoms with Gasteiger partial charge in [0.2, 0.25) is 0 Å². The fourth-order valence-electron chi connectivity index (χ4n) is 3.94. The van der Waals surface area contributed by atoms with Crippen molar-refractivity contribution in [2.24, 2.45) is 0 Å². The summed E-state index contributed by atoms with van der Waals surface area (Å²) in [4.78, 5) is 11.8. The van der Waals surface area contributed by atoms with E-state index in [1.54, 1.807) is 6.08 Å². The molecule has 34 heavy (non-hydrogen) atoms. The molecular weight excluding hydrogens is 426 g/mol. The largest absolute Gasteiger partial charge is 0.394 e. The van der Waals surface area contributed by atoms with Crippen LogP contribution in [0.5, 0.6) is 0 Å². The van der Waals surface area contributed by atoms with Gasteiger partial charge in [-0.1, -0.05) is 82.9 Å². The van der Waals surface area contributed by atoms with Crippen LogP contribution in [0.25, 0.3) is 0 Å². The number of unbranched alkanes of at least 4 members (excludes halogenated alkanes) is 12. The maximum Gasteiger partial charge on any atom is 0.315 e. The van der Waals surface area contributed by atoms with Gasteiger partial charge in [-0.2, -0.15) is 0 Å². The smallest absolute Gasteiger partial charge is 0.315 e. The third kappa shape index (κ3) is 16.7. The molecule has 1 aromatic heterocycles. The molecule has 6 nitrogen and oxygen atoms in total. The molecule has 194 valence electrons. The molecule has 1 heterocycles. The first-order valence-corrected chi connectivity index (χ1v) is 13.6. The normalized spacial score (nSPS) is 13.1. The molecule has 0 fully saturated rings. The third-order valence-corrected chi connectivity index (χ3v) is 6.14. The van der Waals surface area contributed by atoms with Crippen LogP contribution in [0.3, 0.4) is 0 Å². The van der Waals surface area contributed by atoms with Crippen molar-refractivity contribution < 1.29 is 19.6 Å². The van der Waals surface area contributed by atoms with Crippen LogP contribution >= 0.6 is 0 Å². The van der Waals surface area contributed by atoms with Crippen molar-refractivity contribution in [3.8, 4) is 0 Å². The summed E-state index contributed by atoms with van der Waals surface area (Å²) in [5.74, 6) is 0. The molecule has 0 aromatic carbocycles. The number of hydrogen-bond acceptors (Lipinski definition) is 3. The van der Waals surface area contributed by atoms with Crippen LogP contribution in [0.15, 0.2) is 42.7 Å². The standard InChI is InChI=1S/C28H49N3O3/c1-2-3-21-29-28(34)30-26(25-32)27(33)20-16-13-11-9-7-5-4-6-8-10-12-14-17-22-31-23-18-15-19-24-31/h15-16,18-20,23-24,26-27,32-33H,2-14,17,21-22,25H2,1H3,(H-,29,30,34)/p+1/b20-16+/t26-,27-/m0/s1. The van der Waals surface area contributed by atoms with Gasteiger partial charge in [0.1, 0.15) is 6.54 Å². The van der Waals surface area contributed by atoms with Crippen molar-refractivity contribution in [3.63, 3.8) is 0 Å². The SMILES string of the molecule is CCCCNC(=O)N[C@@H](CO)[C@@H](O)/C=C/CCCCCCCCCCCCC[n+]1ccccc1. The summed E-state index contributed by atoms with van der Waals surface area (Å²) in [5, 5.41) is 25.0. The molecule has 0 spiro atoms. The molecule has 0 bridgehead atoms. The first kappa shape index (κ1) is 30.1. The summed E-state index contributed by atoms with van der Waals surface area (Å²) in [6, 6.07) is 5.22. The Morgan fingerprint density at radius 2 is 1.47 bits per heavy atom. The highest BCUT2D eigenvalue weighted by molar-refractivity contribution is 5.74. The maximum atomic E-state index is 11.8. The Labute approximate surface area is 207 Å². The van der Waals surface area contributed by atoms with Crippen LogP contribution in [0, 0.1) is 0 Å². The predicted octanol–water partition coefficient (Wildman–Crippen LogP) is 5.03. The number of nitrogens with zero attached hydrogens (tertiary/aromatic N) is 1. The lowest BCUT2D eigenvalue weighted by molar-refractivity contribution is -0.697. The highest BCUT2D eigenvalue weighted by Gasteiger charge is 2.17. The number of carbonyl (C=O) groups excluding carboxylic acids is 1. The molecule has 0 unspecified atom stereocenters. The second kappa shape index (κ2) is 21.6. The summed E-state index contributed by atoms with van der Waals surface area (Å²) in [6.07, 6.45) is 24.1. The van der Waals surface area contributed by atoms with Gasteiger partial charge in [0.25, 0.3) is 0 Å². The average Bonchev–Trinajstić information content (AvgIpc) is 2.85. The first-order valence-electron chi connectivity index (χ1n) is 13.6. The molecule has 0 aliphatic rings. The Balaban J connectivity index is 1.91. The number of amides is 2. The van der Waals surface area contributed by atoms with Gasteiger partial charge in [-0.25, -0.2) is 9.36 Å². The molecule has 0 saturated carbocycles. The van der Waals surface area contributed by atoms with Crippen molar-refractivity contribution in [1.82, 2.24) is 10.6 Å². The molecule has 0 aliphatic carbocycles. The Morgan fingerprint density at radius 1 is 0.882 bits per heavy atom. The molecule has 1 aromatic rings. The number of pyridine rings is 1. The van der Waals surface area contributed by atoms with Crippen molar-refractivity contribution in [3.05, 3.63) is 42.7 Å². The summed E-state index contributed by atoms with van der Waals surface area (Å²) in [7, 11) is 0. The van der Waals surface area contributed by atoms with E-state index in [0.717, 1.165) is 32.2 Å². The third-order valence-electron chi connectivity index (χ3n) is 6.14. The van der Waals surface area contributed by atoms with Crippen LogP contribution in [0.2, 0.25) is 0 Å². The quantitative estimate of drug-likeness (QED) is 0.114. The molecule has 1 rings (SSSR count). The zero-order chi connectivity index (χ0) is 24.7. The summed E-state index contributed by atoms with van der Waals surface area (Å²) in [6.45, 7) is 3.49. The van der Waals surface area contributed by atoms with E-state index >= 15 is 0 Å².